The lowest BCUT2D eigenvalue weighted by Gasteiger charge is -2.14. The third-order valence-corrected chi connectivity index (χ3v) is 4.67. The molecule has 1 aliphatic heterocycles. The lowest BCUT2D eigenvalue weighted by atomic mass is 10.0. The third-order valence-electron chi connectivity index (χ3n) is 3.70. The van der Waals surface area contributed by atoms with Gasteiger partial charge in [-0.3, -0.25) is 9.80 Å². The number of carbonyl (C=O) groups is 1. The SMILES string of the molecule is O=C(O)[C@@H]1CC(c2ccccc2)=NN1/C=c1\sc2ncnn2c1=O. The average Bonchev–Trinajstić information content (AvgIpc) is 3.27. The molecule has 0 amide bonds. The van der Waals surface area contributed by atoms with Gasteiger partial charge in [-0.2, -0.15) is 14.7 Å². The Labute approximate surface area is 139 Å². The summed E-state index contributed by atoms with van der Waals surface area (Å²) in [5, 5.41) is 19.0. The molecule has 120 valence electrons. The van der Waals surface area contributed by atoms with Crippen LogP contribution in [0.5, 0.6) is 0 Å². The predicted molar refractivity (Wildman–Crippen MR) is 87.7 cm³/mol. The molecule has 1 aliphatic rings. The van der Waals surface area contributed by atoms with Gasteiger partial charge in [-0.1, -0.05) is 41.7 Å². The molecule has 1 atom stereocenters. The number of aliphatic carboxylic acids is 1. The van der Waals surface area contributed by atoms with Crippen molar-refractivity contribution in [3.05, 3.63) is 57.1 Å². The highest BCUT2D eigenvalue weighted by atomic mass is 32.1. The minimum absolute atomic E-state index is 0.269. The number of rotatable bonds is 3. The molecular weight excluding hydrogens is 330 g/mol. The van der Waals surface area contributed by atoms with Crippen molar-refractivity contribution in [1.82, 2.24) is 19.6 Å². The van der Waals surface area contributed by atoms with Crippen molar-refractivity contribution >= 4 is 34.2 Å². The molecule has 24 heavy (non-hydrogen) atoms. The van der Waals surface area contributed by atoms with Gasteiger partial charge in [-0.25, -0.2) is 9.78 Å². The number of hydrogen-bond acceptors (Lipinski definition) is 7. The molecule has 0 saturated heterocycles. The van der Waals surface area contributed by atoms with Gasteiger partial charge in [0.1, 0.15) is 10.9 Å². The minimum atomic E-state index is -0.993. The molecule has 0 bridgehead atoms. The maximum atomic E-state index is 12.2. The van der Waals surface area contributed by atoms with Crippen LogP contribution in [0.4, 0.5) is 0 Å². The molecular formula is C15H11N5O3S. The molecule has 3 aromatic rings. The van der Waals surface area contributed by atoms with Crippen LogP contribution >= 0.6 is 11.3 Å². The lowest BCUT2D eigenvalue weighted by molar-refractivity contribution is -0.141. The smallest absolute Gasteiger partial charge is 0.328 e. The van der Waals surface area contributed by atoms with Crippen molar-refractivity contribution in [3.63, 3.8) is 0 Å². The summed E-state index contributed by atoms with van der Waals surface area (Å²) in [6, 6.07) is 8.54. The molecule has 1 aromatic carbocycles. The number of benzene rings is 1. The van der Waals surface area contributed by atoms with E-state index in [1.165, 1.54) is 22.1 Å². The average molecular weight is 341 g/mol. The fourth-order valence-corrected chi connectivity index (χ4v) is 3.39. The molecule has 1 N–H and O–H groups in total. The van der Waals surface area contributed by atoms with Crippen LogP contribution in [0.3, 0.4) is 0 Å². The van der Waals surface area contributed by atoms with Crippen LogP contribution < -0.4 is 10.1 Å². The summed E-state index contributed by atoms with van der Waals surface area (Å²) in [5.41, 5.74) is 1.20. The van der Waals surface area contributed by atoms with Gasteiger partial charge in [0.15, 0.2) is 6.04 Å². The van der Waals surface area contributed by atoms with Gasteiger partial charge in [-0.15, -0.1) is 0 Å². The lowest BCUT2D eigenvalue weighted by Crippen LogP contribution is -2.34. The Hall–Kier alpha value is -3.07. The van der Waals surface area contributed by atoms with E-state index in [1.54, 1.807) is 0 Å². The van der Waals surface area contributed by atoms with E-state index in [-0.39, 0.29) is 12.0 Å². The maximum absolute atomic E-state index is 12.2. The molecule has 0 aliphatic carbocycles. The van der Waals surface area contributed by atoms with Crippen LogP contribution in [0.15, 0.2) is 46.6 Å². The molecule has 9 heteroatoms. The summed E-state index contributed by atoms with van der Waals surface area (Å²) in [6.07, 6.45) is 3.03. The van der Waals surface area contributed by atoms with Crippen LogP contribution in [-0.4, -0.2) is 42.4 Å². The fourth-order valence-electron chi connectivity index (χ4n) is 2.54. The number of aromatic nitrogens is 3. The van der Waals surface area contributed by atoms with E-state index in [9.17, 15) is 14.7 Å². The van der Waals surface area contributed by atoms with Crippen LogP contribution in [0.25, 0.3) is 11.2 Å². The van der Waals surface area contributed by atoms with Crippen molar-refractivity contribution in [3.8, 4) is 0 Å². The molecule has 4 rings (SSSR count). The zero-order valence-electron chi connectivity index (χ0n) is 12.2. The van der Waals surface area contributed by atoms with Gasteiger partial charge in [0.05, 0.1) is 5.71 Å². The number of hydrogen-bond donors (Lipinski definition) is 1. The van der Waals surface area contributed by atoms with Crippen molar-refractivity contribution < 1.29 is 9.90 Å². The Morgan fingerprint density at radius 1 is 1.33 bits per heavy atom. The maximum Gasteiger partial charge on any atom is 0.328 e. The van der Waals surface area contributed by atoms with Gasteiger partial charge in [-0.05, 0) is 5.56 Å². The summed E-state index contributed by atoms with van der Waals surface area (Å²) in [6.45, 7) is 0. The summed E-state index contributed by atoms with van der Waals surface area (Å²) < 4.78 is 1.53. The largest absolute Gasteiger partial charge is 0.480 e. The first kappa shape index (κ1) is 14.5. The van der Waals surface area contributed by atoms with Crippen LogP contribution in [0, 0.1) is 0 Å². The van der Waals surface area contributed by atoms with E-state index in [1.807, 2.05) is 30.3 Å². The Kier molecular flexibility index (Phi) is 3.35. The second kappa shape index (κ2) is 5.53. The molecule has 0 spiro atoms. The van der Waals surface area contributed by atoms with Crippen molar-refractivity contribution in [2.24, 2.45) is 5.10 Å². The molecule has 3 heterocycles. The number of carboxylic acids is 1. The summed E-state index contributed by atoms with van der Waals surface area (Å²) >= 11 is 1.15. The minimum Gasteiger partial charge on any atom is -0.480 e. The van der Waals surface area contributed by atoms with E-state index in [2.05, 4.69) is 15.2 Å². The third kappa shape index (κ3) is 2.35. The quantitative estimate of drug-likeness (QED) is 0.729. The predicted octanol–water partition coefficient (Wildman–Crippen LogP) is 0.171. The number of carboxylic acid groups (broad SMARTS) is 1. The highest BCUT2D eigenvalue weighted by Crippen LogP contribution is 2.20. The Bertz CT molecular complexity index is 1060. The van der Waals surface area contributed by atoms with Crippen molar-refractivity contribution in [2.75, 3.05) is 0 Å². The van der Waals surface area contributed by atoms with Gasteiger partial charge >= 0.3 is 5.97 Å². The summed E-state index contributed by atoms with van der Waals surface area (Å²) in [7, 11) is 0. The first-order valence-corrected chi connectivity index (χ1v) is 7.93. The number of nitrogens with zero attached hydrogens (tertiary/aromatic N) is 5. The molecule has 0 saturated carbocycles. The Morgan fingerprint density at radius 2 is 2.12 bits per heavy atom. The number of fused-ring (bicyclic) bond motifs is 1. The van der Waals surface area contributed by atoms with E-state index in [0.29, 0.717) is 15.2 Å². The Balaban J connectivity index is 1.79. The first-order chi connectivity index (χ1) is 11.6. The van der Waals surface area contributed by atoms with E-state index in [4.69, 9.17) is 0 Å². The second-order valence-electron chi connectivity index (χ2n) is 5.21. The molecule has 8 nitrogen and oxygen atoms in total. The molecule has 0 radical (unpaired) electrons. The monoisotopic (exact) mass is 341 g/mol. The van der Waals surface area contributed by atoms with Crippen LogP contribution in [0.2, 0.25) is 0 Å². The van der Waals surface area contributed by atoms with E-state index < -0.39 is 12.0 Å². The zero-order chi connectivity index (χ0) is 16.7. The van der Waals surface area contributed by atoms with Crippen molar-refractivity contribution in [2.45, 2.75) is 12.5 Å². The van der Waals surface area contributed by atoms with Gasteiger partial charge in [0.2, 0.25) is 4.96 Å². The highest BCUT2D eigenvalue weighted by molar-refractivity contribution is 7.14. The van der Waals surface area contributed by atoms with E-state index in [0.717, 1.165) is 16.9 Å². The van der Waals surface area contributed by atoms with Crippen molar-refractivity contribution in [1.29, 1.82) is 0 Å². The van der Waals surface area contributed by atoms with Crippen LogP contribution in [0.1, 0.15) is 12.0 Å². The summed E-state index contributed by atoms with van der Waals surface area (Å²) in [4.78, 5) is 28.2. The topological polar surface area (TPSA) is 100 Å². The van der Waals surface area contributed by atoms with Gasteiger partial charge in [0, 0.05) is 12.6 Å². The highest BCUT2D eigenvalue weighted by Gasteiger charge is 2.32. The fraction of sp³-hybridized carbons (Fsp3) is 0.133. The van der Waals surface area contributed by atoms with Gasteiger partial charge < -0.3 is 5.11 Å². The normalized spacial score (nSPS) is 18.3. The molecule has 0 fully saturated rings. The standard InChI is InChI=1S/C15H11N5O3S/c21-13-12(24-15-16-8-17-20(13)15)7-19-11(14(22)23)6-10(18-19)9-4-2-1-3-5-9/h1-5,7-8,11H,6H2,(H,22,23)/b12-7-/t11-/m0/s1. The van der Waals surface area contributed by atoms with Gasteiger partial charge in [0.25, 0.3) is 5.56 Å². The second-order valence-corrected chi connectivity index (χ2v) is 6.21. The molecule has 0 unspecified atom stereocenters. The first-order valence-electron chi connectivity index (χ1n) is 7.12. The Morgan fingerprint density at radius 3 is 2.83 bits per heavy atom. The van der Waals surface area contributed by atoms with E-state index >= 15 is 0 Å². The summed E-state index contributed by atoms with van der Waals surface area (Å²) in [5.74, 6) is -0.993. The number of thiazole rings is 1. The molecule has 2 aromatic heterocycles. The zero-order valence-corrected chi connectivity index (χ0v) is 13.1. The number of hydrazone groups is 1. The van der Waals surface area contributed by atoms with Crippen LogP contribution in [-0.2, 0) is 4.79 Å².